The van der Waals surface area contributed by atoms with E-state index in [0.717, 1.165) is 11.1 Å². The molecule has 0 saturated heterocycles. The molecule has 0 aliphatic heterocycles. The average Bonchev–Trinajstić information content (AvgIpc) is 2.41. The number of nitrogens with two attached hydrogens (primary N) is 1. The molecule has 2 aromatic rings. The van der Waals surface area contributed by atoms with Crippen LogP contribution >= 0.6 is 27.5 Å². The molecule has 1 heterocycles. The minimum Gasteiger partial charge on any atom is -0.271 e. The normalized spacial score (nSPS) is 12.4. The quantitative estimate of drug-likeness (QED) is 0.660. The van der Waals surface area contributed by atoms with Crippen LogP contribution in [0.3, 0.4) is 0 Å². The van der Waals surface area contributed by atoms with E-state index in [0.29, 0.717) is 15.9 Å². The van der Waals surface area contributed by atoms with Crippen molar-refractivity contribution in [1.29, 1.82) is 0 Å². The maximum Gasteiger partial charge on any atom is 0.137 e. The number of hydrogen-bond acceptors (Lipinski definition) is 3. The van der Waals surface area contributed by atoms with Gasteiger partial charge in [-0.25, -0.2) is 4.39 Å². The molecular weight excluding hydrogens is 333 g/mol. The van der Waals surface area contributed by atoms with Gasteiger partial charge in [-0.3, -0.25) is 16.3 Å². The summed E-state index contributed by atoms with van der Waals surface area (Å²) in [5, 5.41) is 0.565. The Morgan fingerprint density at radius 1 is 1.42 bits per heavy atom. The van der Waals surface area contributed by atoms with Gasteiger partial charge in [0.1, 0.15) is 5.82 Å². The molecule has 2 rings (SSSR count). The molecule has 1 aromatic carbocycles. The van der Waals surface area contributed by atoms with Crippen molar-refractivity contribution in [1.82, 2.24) is 10.4 Å². The molecule has 100 valence electrons. The second kappa shape index (κ2) is 6.43. The van der Waals surface area contributed by atoms with Crippen LogP contribution in [0.15, 0.2) is 41.1 Å². The van der Waals surface area contributed by atoms with Crippen molar-refractivity contribution < 1.29 is 4.39 Å². The minimum absolute atomic E-state index is 0.245. The summed E-state index contributed by atoms with van der Waals surface area (Å²) in [6, 6.07) is 6.42. The Morgan fingerprint density at radius 2 is 2.21 bits per heavy atom. The van der Waals surface area contributed by atoms with E-state index in [4.69, 9.17) is 17.4 Å². The van der Waals surface area contributed by atoms with Crippen molar-refractivity contribution in [2.75, 3.05) is 0 Å². The first-order valence-electron chi connectivity index (χ1n) is 5.62. The van der Waals surface area contributed by atoms with Gasteiger partial charge in [-0.1, -0.05) is 23.7 Å². The molecule has 0 fully saturated rings. The van der Waals surface area contributed by atoms with Gasteiger partial charge >= 0.3 is 0 Å². The lowest BCUT2D eigenvalue weighted by Crippen LogP contribution is -2.30. The van der Waals surface area contributed by atoms with Crippen molar-refractivity contribution in [2.24, 2.45) is 5.84 Å². The SMILES string of the molecule is NNC(Cc1ccncc1Cl)c1cccc(F)c1Br. The average molecular weight is 345 g/mol. The number of nitrogens with one attached hydrogen (secondary N) is 1. The summed E-state index contributed by atoms with van der Waals surface area (Å²) >= 11 is 9.30. The second-order valence-corrected chi connectivity index (χ2v) is 5.23. The zero-order valence-corrected chi connectivity index (χ0v) is 12.2. The van der Waals surface area contributed by atoms with Crippen LogP contribution in [0.4, 0.5) is 4.39 Å². The molecule has 0 saturated carbocycles. The van der Waals surface area contributed by atoms with Crippen LogP contribution in [0.5, 0.6) is 0 Å². The smallest absolute Gasteiger partial charge is 0.137 e. The monoisotopic (exact) mass is 343 g/mol. The zero-order chi connectivity index (χ0) is 13.8. The van der Waals surface area contributed by atoms with E-state index in [1.54, 1.807) is 18.5 Å². The summed E-state index contributed by atoms with van der Waals surface area (Å²) in [6.45, 7) is 0. The molecule has 0 aliphatic carbocycles. The highest BCUT2D eigenvalue weighted by molar-refractivity contribution is 9.10. The predicted molar refractivity (Wildman–Crippen MR) is 77.1 cm³/mol. The highest BCUT2D eigenvalue weighted by Gasteiger charge is 2.17. The van der Waals surface area contributed by atoms with Gasteiger partial charge in [-0.2, -0.15) is 0 Å². The van der Waals surface area contributed by atoms with Gasteiger partial charge in [0.25, 0.3) is 0 Å². The first-order chi connectivity index (χ1) is 9.13. The fraction of sp³-hybridized carbons (Fsp3) is 0.154. The van der Waals surface area contributed by atoms with Gasteiger partial charge in [0.15, 0.2) is 0 Å². The maximum absolute atomic E-state index is 13.5. The molecular formula is C13H12BrClFN3. The van der Waals surface area contributed by atoms with Gasteiger partial charge in [0.05, 0.1) is 15.5 Å². The predicted octanol–water partition coefficient (Wildman–Crippen LogP) is 3.38. The first kappa shape index (κ1) is 14.4. The van der Waals surface area contributed by atoms with Gasteiger partial charge in [0, 0.05) is 12.4 Å². The number of rotatable bonds is 4. The summed E-state index contributed by atoms with van der Waals surface area (Å²) < 4.78 is 13.9. The molecule has 3 N–H and O–H groups in total. The number of hydrazine groups is 1. The van der Waals surface area contributed by atoms with Crippen LogP contribution in [0.25, 0.3) is 0 Å². The second-order valence-electron chi connectivity index (χ2n) is 4.03. The third kappa shape index (κ3) is 3.30. The van der Waals surface area contributed by atoms with Crippen molar-refractivity contribution in [3.63, 3.8) is 0 Å². The molecule has 19 heavy (non-hydrogen) atoms. The van der Waals surface area contributed by atoms with Gasteiger partial charge < -0.3 is 0 Å². The van der Waals surface area contributed by atoms with Gasteiger partial charge in [-0.15, -0.1) is 0 Å². The number of aromatic nitrogens is 1. The van der Waals surface area contributed by atoms with E-state index >= 15 is 0 Å². The van der Waals surface area contributed by atoms with E-state index in [-0.39, 0.29) is 11.9 Å². The molecule has 0 amide bonds. The number of hydrogen-bond donors (Lipinski definition) is 2. The lowest BCUT2D eigenvalue weighted by molar-refractivity contribution is 0.540. The lowest BCUT2D eigenvalue weighted by Gasteiger charge is -2.18. The molecule has 0 radical (unpaired) electrons. The van der Waals surface area contributed by atoms with Gasteiger partial charge in [0.2, 0.25) is 0 Å². The van der Waals surface area contributed by atoms with Crippen LogP contribution in [0, 0.1) is 5.82 Å². The van der Waals surface area contributed by atoms with Crippen LogP contribution < -0.4 is 11.3 Å². The van der Waals surface area contributed by atoms with Crippen LogP contribution in [0.1, 0.15) is 17.2 Å². The van der Waals surface area contributed by atoms with Crippen LogP contribution in [0.2, 0.25) is 5.02 Å². The Bertz CT molecular complexity index is 580. The molecule has 3 nitrogen and oxygen atoms in total. The molecule has 1 unspecified atom stereocenters. The van der Waals surface area contributed by atoms with E-state index in [9.17, 15) is 4.39 Å². The summed E-state index contributed by atoms with van der Waals surface area (Å²) in [5.41, 5.74) is 4.33. The zero-order valence-electron chi connectivity index (χ0n) is 9.91. The highest BCUT2D eigenvalue weighted by atomic mass is 79.9. The van der Waals surface area contributed by atoms with Crippen molar-refractivity contribution in [3.05, 3.63) is 63.1 Å². The Morgan fingerprint density at radius 3 is 2.89 bits per heavy atom. The van der Waals surface area contributed by atoms with Crippen molar-refractivity contribution >= 4 is 27.5 Å². The van der Waals surface area contributed by atoms with E-state index in [2.05, 4.69) is 26.3 Å². The Labute approximate surface area is 124 Å². The lowest BCUT2D eigenvalue weighted by atomic mass is 10.00. The Hall–Kier alpha value is -1.01. The molecule has 0 spiro atoms. The van der Waals surface area contributed by atoms with Crippen molar-refractivity contribution in [3.8, 4) is 0 Å². The molecule has 1 aromatic heterocycles. The minimum atomic E-state index is -0.321. The molecule has 6 heteroatoms. The topological polar surface area (TPSA) is 50.9 Å². The summed E-state index contributed by atoms with van der Waals surface area (Å²) in [7, 11) is 0. The van der Waals surface area contributed by atoms with E-state index in [1.807, 2.05) is 12.1 Å². The molecule has 0 bridgehead atoms. The summed E-state index contributed by atoms with van der Waals surface area (Å²) in [5.74, 6) is 5.25. The highest BCUT2D eigenvalue weighted by Crippen LogP contribution is 2.29. The van der Waals surface area contributed by atoms with Crippen LogP contribution in [-0.2, 0) is 6.42 Å². The standard InChI is InChI=1S/C13H12BrClFN3/c14-13-9(2-1-3-11(13)16)12(19-17)6-8-4-5-18-7-10(8)15/h1-5,7,12,19H,6,17H2. The fourth-order valence-corrected chi connectivity index (χ4v) is 2.57. The Balaban J connectivity index is 2.31. The number of pyridine rings is 1. The third-order valence-electron chi connectivity index (χ3n) is 2.84. The van der Waals surface area contributed by atoms with Gasteiger partial charge in [-0.05, 0) is 45.6 Å². The maximum atomic E-state index is 13.5. The fourth-order valence-electron chi connectivity index (χ4n) is 1.84. The van der Waals surface area contributed by atoms with Crippen LogP contribution in [-0.4, -0.2) is 4.98 Å². The van der Waals surface area contributed by atoms with E-state index < -0.39 is 0 Å². The number of halogens is 3. The molecule has 1 atom stereocenters. The summed E-state index contributed by atoms with van der Waals surface area (Å²) in [4.78, 5) is 3.93. The number of nitrogens with zero attached hydrogens (tertiary/aromatic N) is 1. The third-order valence-corrected chi connectivity index (χ3v) is 4.02. The summed E-state index contributed by atoms with van der Waals surface area (Å²) in [6.07, 6.45) is 3.78. The van der Waals surface area contributed by atoms with Crippen molar-refractivity contribution in [2.45, 2.75) is 12.5 Å². The number of benzene rings is 1. The first-order valence-corrected chi connectivity index (χ1v) is 6.79. The molecule has 0 aliphatic rings. The Kier molecular flexibility index (Phi) is 4.87. The van der Waals surface area contributed by atoms with E-state index in [1.165, 1.54) is 6.07 Å². The largest absolute Gasteiger partial charge is 0.271 e.